The van der Waals surface area contributed by atoms with Gasteiger partial charge in [0.15, 0.2) is 11.5 Å². The van der Waals surface area contributed by atoms with Gasteiger partial charge in [0.05, 0.1) is 28.7 Å². The molecule has 4 rings (SSSR count). The average molecular weight is 425 g/mol. The second kappa shape index (κ2) is 6.64. The van der Waals surface area contributed by atoms with Crippen molar-refractivity contribution >= 4 is 25.7 Å². The lowest BCUT2D eigenvalue weighted by molar-refractivity contribution is 0.297. The first-order valence-corrected chi connectivity index (χ1v) is 11.8. The lowest BCUT2D eigenvalue weighted by Gasteiger charge is -2.25. The van der Waals surface area contributed by atoms with E-state index in [-0.39, 0.29) is 15.8 Å². The molecular weight excluding hydrogens is 404 g/mol. The Labute approximate surface area is 164 Å². The molecule has 2 aromatic rings. The van der Waals surface area contributed by atoms with Crippen LogP contribution in [-0.4, -0.2) is 36.1 Å². The second-order valence-corrected chi connectivity index (χ2v) is 10.2. The van der Waals surface area contributed by atoms with Crippen molar-refractivity contribution < 1.29 is 26.3 Å². The molecule has 0 aliphatic carbocycles. The number of nitrogens with zero attached hydrogens (tertiary/aromatic N) is 1. The van der Waals surface area contributed by atoms with Crippen LogP contribution in [0, 0.1) is 0 Å². The van der Waals surface area contributed by atoms with Gasteiger partial charge in [0, 0.05) is 18.5 Å². The summed E-state index contributed by atoms with van der Waals surface area (Å²) in [4.78, 5) is 0.0558. The first-order chi connectivity index (χ1) is 13.2. The number of benzene rings is 2. The van der Waals surface area contributed by atoms with Crippen molar-refractivity contribution in [2.24, 2.45) is 5.14 Å². The van der Waals surface area contributed by atoms with Crippen LogP contribution in [0.4, 0.5) is 5.69 Å². The summed E-state index contributed by atoms with van der Waals surface area (Å²) in [6, 6.07) is 8.43. The summed E-state index contributed by atoms with van der Waals surface area (Å²) in [6.07, 6.45) is 1.11. The lowest BCUT2D eigenvalue weighted by Crippen LogP contribution is -2.35. The van der Waals surface area contributed by atoms with Crippen LogP contribution in [0.2, 0.25) is 0 Å². The Kier molecular flexibility index (Phi) is 4.52. The number of fused-ring (bicyclic) bond motifs is 2. The lowest BCUT2D eigenvalue weighted by atomic mass is 10.1. The Balaban J connectivity index is 1.76. The quantitative estimate of drug-likeness (QED) is 0.801. The Bertz CT molecular complexity index is 1140. The van der Waals surface area contributed by atoms with Crippen molar-refractivity contribution in [2.45, 2.75) is 35.6 Å². The maximum atomic E-state index is 13.3. The Morgan fingerprint density at radius 1 is 0.964 bits per heavy atom. The smallest absolute Gasteiger partial charge is 0.264 e. The normalized spacial score (nSPS) is 19.2. The Morgan fingerprint density at radius 3 is 2.36 bits per heavy atom. The van der Waals surface area contributed by atoms with Crippen molar-refractivity contribution in [3.05, 3.63) is 42.0 Å². The van der Waals surface area contributed by atoms with Crippen molar-refractivity contribution in [2.75, 3.05) is 17.5 Å². The fourth-order valence-electron chi connectivity index (χ4n) is 3.54. The highest BCUT2D eigenvalue weighted by molar-refractivity contribution is 7.93. The van der Waals surface area contributed by atoms with E-state index in [1.54, 1.807) is 13.0 Å². The molecule has 0 unspecified atom stereocenters. The molecule has 0 amide bonds. The van der Waals surface area contributed by atoms with E-state index < -0.39 is 20.0 Å². The summed E-state index contributed by atoms with van der Waals surface area (Å²) in [5.74, 6) is 0.916. The maximum absolute atomic E-state index is 13.3. The molecule has 0 fully saturated rings. The zero-order chi connectivity index (χ0) is 20.1. The molecule has 2 N–H and O–H groups in total. The summed E-state index contributed by atoms with van der Waals surface area (Å²) >= 11 is 0. The molecule has 28 heavy (non-hydrogen) atoms. The molecule has 8 nitrogen and oxygen atoms in total. The van der Waals surface area contributed by atoms with Gasteiger partial charge in [0.1, 0.15) is 0 Å². The van der Waals surface area contributed by atoms with Crippen molar-refractivity contribution in [3.63, 3.8) is 0 Å². The number of hydrogen-bond donors (Lipinski definition) is 1. The fraction of sp³-hybridized carbons (Fsp3) is 0.333. The Hall–Kier alpha value is -2.30. The van der Waals surface area contributed by atoms with E-state index in [2.05, 4.69) is 0 Å². The molecule has 0 aromatic heterocycles. The van der Waals surface area contributed by atoms with E-state index >= 15 is 0 Å². The number of rotatable bonds is 3. The predicted octanol–water partition coefficient (Wildman–Crippen LogP) is 1.64. The van der Waals surface area contributed by atoms with Gasteiger partial charge in [-0.05, 0) is 49.2 Å². The van der Waals surface area contributed by atoms with Crippen LogP contribution in [0.3, 0.4) is 0 Å². The van der Waals surface area contributed by atoms with Gasteiger partial charge in [-0.1, -0.05) is 0 Å². The molecule has 2 aliphatic heterocycles. The third-order valence-electron chi connectivity index (χ3n) is 4.81. The van der Waals surface area contributed by atoms with Crippen LogP contribution in [0.1, 0.15) is 18.9 Å². The van der Waals surface area contributed by atoms with E-state index in [9.17, 15) is 16.8 Å². The van der Waals surface area contributed by atoms with Crippen LogP contribution in [0.15, 0.2) is 46.2 Å². The summed E-state index contributed by atoms with van der Waals surface area (Å²) < 4.78 is 62.4. The van der Waals surface area contributed by atoms with Gasteiger partial charge in [-0.3, -0.25) is 4.31 Å². The van der Waals surface area contributed by atoms with Crippen LogP contribution in [0.5, 0.6) is 11.5 Å². The molecular formula is C18H20N2O6S2. The Morgan fingerprint density at radius 2 is 1.64 bits per heavy atom. The fourth-order valence-corrected chi connectivity index (χ4v) is 5.81. The highest BCUT2D eigenvalue weighted by atomic mass is 32.2. The van der Waals surface area contributed by atoms with Gasteiger partial charge in [0.2, 0.25) is 10.0 Å². The van der Waals surface area contributed by atoms with E-state index in [1.165, 1.54) is 34.6 Å². The standard InChI is InChI=1S/C18H20N2O6S2/c1-12-9-13-10-14(27(19,21)22)3-5-16(13)20(12)28(23,24)15-4-6-17-18(11-15)26-8-2-7-25-17/h3-6,10-12H,2,7-9H2,1H3,(H2,19,21,22)/t12-/m0/s1. The van der Waals surface area contributed by atoms with Crippen molar-refractivity contribution in [3.8, 4) is 11.5 Å². The molecule has 0 spiro atoms. The van der Waals surface area contributed by atoms with Gasteiger partial charge in [-0.15, -0.1) is 0 Å². The van der Waals surface area contributed by atoms with Gasteiger partial charge < -0.3 is 9.47 Å². The average Bonchev–Trinajstić information content (AvgIpc) is 2.80. The van der Waals surface area contributed by atoms with Crippen LogP contribution < -0.4 is 18.9 Å². The number of hydrogen-bond acceptors (Lipinski definition) is 6. The summed E-state index contributed by atoms with van der Waals surface area (Å²) in [7, 11) is -7.74. The molecule has 0 saturated heterocycles. The van der Waals surface area contributed by atoms with E-state index in [1.807, 2.05) is 0 Å². The van der Waals surface area contributed by atoms with E-state index in [0.717, 1.165) is 6.42 Å². The minimum atomic E-state index is -3.88. The molecule has 2 aliphatic rings. The SMILES string of the molecule is C[C@H]1Cc2cc(S(N)(=O)=O)ccc2N1S(=O)(=O)c1ccc2c(c1)OCCCO2. The summed E-state index contributed by atoms with van der Waals surface area (Å²) in [6.45, 7) is 2.75. The van der Waals surface area contributed by atoms with Crippen molar-refractivity contribution in [1.29, 1.82) is 0 Å². The number of nitrogens with two attached hydrogens (primary N) is 1. The largest absolute Gasteiger partial charge is 0.490 e. The van der Waals surface area contributed by atoms with Gasteiger partial charge in [0.25, 0.3) is 10.0 Å². The van der Waals surface area contributed by atoms with E-state index in [0.29, 0.717) is 42.4 Å². The number of primary sulfonamides is 1. The third-order valence-corrected chi connectivity index (χ3v) is 7.64. The number of ether oxygens (including phenoxy) is 2. The highest BCUT2D eigenvalue weighted by Gasteiger charge is 2.37. The monoisotopic (exact) mass is 424 g/mol. The van der Waals surface area contributed by atoms with Crippen LogP contribution in [0.25, 0.3) is 0 Å². The predicted molar refractivity (Wildman–Crippen MR) is 103 cm³/mol. The number of anilines is 1. The summed E-state index contributed by atoms with van der Waals surface area (Å²) in [5.41, 5.74) is 1.07. The van der Waals surface area contributed by atoms with Gasteiger partial charge in [-0.25, -0.2) is 22.0 Å². The van der Waals surface area contributed by atoms with E-state index in [4.69, 9.17) is 14.6 Å². The number of sulfonamides is 2. The zero-order valence-electron chi connectivity index (χ0n) is 15.2. The van der Waals surface area contributed by atoms with Gasteiger partial charge >= 0.3 is 0 Å². The molecule has 0 saturated carbocycles. The summed E-state index contributed by atoms with van der Waals surface area (Å²) in [5, 5.41) is 5.19. The molecule has 150 valence electrons. The molecule has 0 radical (unpaired) electrons. The molecule has 0 bridgehead atoms. The molecule has 2 heterocycles. The minimum Gasteiger partial charge on any atom is -0.490 e. The van der Waals surface area contributed by atoms with Crippen molar-refractivity contribution in [1.82, 2.24) is 0 Å². The minimum absolute atomic E-state index is 0.0340. The highest BCUT2D eigenvalue weighted by Crippen LogP contribution is 2.39. The van der Waals surface area contributed by atoms with Gasteiger partial charge in [-0.2, -0.15) is 0 Å². The zero-order valence-corrected chi connectivity index (χ0v) is 16.8. The molecule has 10 heteroatoms. The molecule has 2 aromatic carbocycles. The molecule has 1 atom stereocenters. The maximum Gasteiger partial charge on any atom is 0.264 e. The second-order valence-electron chi connectivity index (χ2n) is 6.85. The topological polar surface area (TPSA) is 116 Å². The first-order valence-electron chi connectivity index (χ1n) is 8.78. The van der Waals surface area contributed by atoms with Crippen LogP contribution >= 0.6 is 0 Å². The first kappa shape index (κ1) is 19.0. The van der Waals surface area contributed by atoms with Crippen LogP contribution in [-0.2, 0) is 26.5 Å². The third kappa shape index (κ3) is 3.21.